The monoisotopic (exact) mass is 431 g/mol. The number of alkyl halides is 3. The minimum Gasteiger partial charge on any atom is -0.457 e. The Morgan fingerprint density at radius 3 is 2.65 bits per heavy atom. The quantitative estimate of drug-likeness (QED) is 0.636. The van der Waals surface area contributed by atoms with Gasteiger partial charge in [-0.1, -0.05) is 30.3 Å². The largest absolute Gasteiger partial charge is 0.457 e. The molecule has 9 heteroatoms. The third-order valence-corrected chi connectivity index (χ3v) is 4.88. The van der Waals surface area contributed by atoms with E-state index in [1.54, 1.807) is 36.4 Å². The topological polar surface area (TPSA) is 65.4 Å². The summed E-state index contributed by atoms with van der Waals surface area (Å²) in [6.45, 7) is 0.462. The molecule has 1 aromatic heterocycles. The molecule has 31 heavy (non-hydrogen) atoms. The molecule has 0 radical (unpaired) electrons. The fraction of sp³-hybridized carbons (Fsp3) is 0.273. The molecule has 0 spiro atoms. The number of ether oxygens (including phenoxy) is 2. The lowest BCUT2D eigenvalue weighted by molar-refractivity contribution is -0.142. The minimum atomic E-state index is -4.55. The Labute approximate surface area is 176 Å². The highest BCUT2D eigenvalue weighted by Gasteiger charge is 2.39. The zero-order chi connectivity index (χ0) is 21.8. The number of fused-ring (bicyclic) bond motifs is 1. The SMILES string of the molecule is O=C(NCCn1nc(C(F)(F)F)c2c1CCOC2)c1ccccc1Oc1ccccc1. The molecule has 0 fully saturated rings. The van der Waals surface area contributed by atoms with E-state index in [-0.39, 0.29) is 31.2 Å². The fourth-order valence-corrected chi connectivity index (χ4v) is 3.45. The van der Waals surface area contributed by atoms with Crippen LogP contribution in [0.4, 0.5) is 13.2 Å². The number of nitrogens with one attached hydrogen (secondary N) is 1. The molecule has 0 saturated carbocycles. The van der Waals surface area contributed by atoms with E-state index in [4.69, 9.17) is 9.47 Å². The number of amides is 1. The van der Waals surface area contributed by atoms with Crippen molar-refractivity contribution in [3.8, 4) is 11.5 Å². The molecule has 6 nitrogen and oxygen atoms in total. The highest BCUT2D eigenvalue weighted by Crippen LogP contribution is 2.34. The van der Waals surface area contributed by atoms with Crippen molar-refractivity contribution in [2.45, 2.75) is 25.7 Å². The second kappa shape index (κ2) is 8.81. The number of para-hydroxylation sites is 2. The Balaban J connectivity index is 1.44. The molecule has 0 aliphatic carbocycles. The van der Waals surface area contributed by atoms with Crippen LogP contribution in [0, 0.1) is 0 Å². The molecule has 1 N–H and O–H groups in total. The molecule has 0 atom stereocenters. The van der Waals surface area contributed by atoms with Gasteiger partial charge in [-0.05, 0) is 24.3 Å². The van der Waals surface area contributed by atoms with Crippen LogP contribution in [0.3, 0.4) is 0 Å². The molecule has 0 unspecified atom stereocenters. The second-order valence-electron chi connectivity index (χ2n) is 6.96. The normalized spacial score (nSPS) is 13.5. The van der Waals surface area contributed by atoms with Crippen LogP contribution >= 0.6 is 0 Å². The minimum absolute atomic E-state index is 0.0756. The first-order valence-corrected chi connectivity index (χ1v) is 9.77. The van der Waals surface area contributed by atoms with Crippen LogP contribution in [0.2, 0.25) is 0 Å². The van der Waals surface area contributed by atoms with E-state index in [1.165, 1.54) is 4.68 Å². The number of rotatable bonds is 6. The number of hydrogen-bond donors (Lipinski definition) is 1. The van der Waals surface area contributed by atoms with Gasteiger partial charge in [0, 0.05) is 24.2 Å². The molecule has 2 heterocycles. The second-order valence-corrected chi connectivity index (χ2v) is 6.96. The zero-order valence-corrected chi connectivity index (χ0v) is 16.5. The number of carbonyl (C=O) groups is 1. The smallest absolute Gasteiger partial charge is 0.435 e. The molecule has 3 aromatic rings. The first-order chi connectivity index (χ1) is 14.9. The van der Waals surface area contributed by atoms with Gasteiger partial charge in [-0.15, -0.1) is 0 Å². The average Bonchev–Trinajstić information content (AvgIpc) is 3.14. The van der Waals surface area contributed by atoms with Crippen molar-refractivity contribution >= 4 is 5.91 Å². The molecular weight excluding hydrogens is 411 g/mol. The number of aromatic nitrogens is 2. The molecule has 2 aromatic carbocycles. The summed E-state index contributed by atoms with van der Waals surface area (Å²) in [4.78, 5) is 12.7. The lowest BCUT2D eigenvalue weighted by Gasteiger charge is -2.16. The Bertz CT molecular complexity index is 1060. The van der Waals surface area contributed by atoms with Crippen molar-refractivity contribution in [1.82, 2.24) is 15.1 Å². The van der Waals surface area contributed by atoms with Gasteiger partial charge in [0.2, 0.25) is 0 Å². The molecule has 1 aliphatic rings. The molecule has 1 aliphatic heterocycles. The van der Waals surface area contributed by atoms with Gasteiger partial charge < -0.3 is 14.8 Å². The van der Waals surface area contributed by atoms with E-state index >= 15 is 0 Å². The van der Waals surface area contributed by atoms with E-state index in [0.717, 1.165) is 0 Å². The summed E-state index contributed by atoms with van der Waals surface area (Å²) in [5, 5.41) is 6.48. The van der Waals surface area contributed by atoms with Gasteiger partial charge in [0.05, 0.1) is 25.3 Å². The predicted molar refractivity (Wildman–Crippen MR) is 106 cm³/mol. The Morgan fingerprint density at radius 2 is 1.87 bits per heavy atom. The maximum Gasteiger partial charge on any atom is 0.435 e. The molecular formula is C22H20F3N3O3. The number of halogens is 3. The number of hydrogen-bond acceptors (Lipinski definition) is 4. The van der Waals surface area contributed by atoms with Crippen LogP contribution < -0.4 is 10.1 Å². The number of nitrogens with zero attached hydrogens (tertiary/aromatic N) is 2. The van der Waals surface area contributed by atoms with Crippen molar-refractivity contribution in [2.75, 3.05) is 13.2 Å². The van der Waals surface area contributed by atoms with Gasteiger partial charge >= 0.3 is 6.18 Å². The maximum absolute atomic E-state index is 13.3. The first kappa shape index (κ1) is 20.9. The van der Waals surface area contributed by atoms with Crippen LogP contribution in [0.15, 0.2) is 54.6 Å². The average molecular weight is 431 g/mol. The summed E-state index contributed by atoms with van der Waals surface area (Å²) >= 11 is 0. The lowest BCUT2D eigenvalue weighted by Crippen LogP contribution is -2.28. The van der Waals surface area contributed by atoms with Crippen molar-refractivity contribution in [3.63, 3.8) is 0 Å². The fourth-order valence-electron chi connectivity index (χ4n) is 3.45. The third-order valence-electron chi connectivity index (χ3n) is 4.88. The standard InChI is InChI=1S/C22H20F3N3O3/c23-22(24,25)20-17-14-30-13-10-18(17)28(27-20)12-11-26-21(29)16-8-4-5-9-19(16)31-15-6-2-1-3-7-15/h1-9H,10-14H2,(H,26,29). The number of carbonyl (C=O) groups excluding carboxylic acids is 1. The van der Waals surface area contributed by atoms with Crippen LogP contribution in [0.5, 0.6) is 11.5 Å². The Hall–Kier alpha value is -3.33. The maximum atomic E-state index is 13.3. The summed E-state index contributed by atoms with van der Waals surface area (Å²) in [6, 6.07) is 15.8. The Morgan fingerprint density at radius 1 is 1.13 bits per heavy atom. The highest BCUT2D eigenvalue weighted by molar-refractivity contribution is 5.97. The zero-order valence-electron chi connectivity index (χ0n) is 16.5. The van der Waals surface area contributed by atoms with E-state index in [1.807, 2.05) is 18.2 Å². The van der Waals surface area contributed by atoms with E-state index < -0.39 is 11.9 Å². The highest BCUT2D eigenvalue weighted by atomic mass is 19.4. The van der Waals surface area contributed by atoms with Gasteiger partial charge in [-0.25, -0.2) is 0 Å². The molecule has 162 valence electrons. The van der Waals surface area contributed by atoms with Crippen LogP contribution in [-0.2, 0) is 30.5 Å². The van der Waals surface area contributed by atoms with Gasteiger partial charge in [-0.3, -0.25) is 9.48 Å². The van der Waals surface area contributed by atoms with Crippen LogP contribution in [0.25, 0.3) is 0 Å². The number of benzene rings is 2. The van der Waals surface area contributed by atoms with Crippen LogP contribution in [0.1, 0.15) is 27.3 Å². The van der Waals surface area contributed by atoms with E-state index in [9.17, 15) is 18.0 Å². The Kier molecular flexibility index (Phi) is 5.94. The van der Waals surface area contributed by atoms with Crippen molar-refractivity contribution in [1.29, 1.82) is 0 Å². The van der Waals surface area contributed by atoms with Gasteiger partial charge in [-0.2, -0.15) is 18.3 Å². The summed E-state index contributed by atoms with van der Waals surface area (Å²) in [7, 11) is 0. The van der Waals surface area contributed by atoms with Gasteiger partial charge in [0.1, 0.15) is 11.5 Å². The van der Waals surface area contributed by atoms with E-state index in [2.05, 4.69) is 10.4 Å². The summed E-state index contributed by atoms with van der Waals surface area (Å²) in [5.41, 5.74) is -0.0133. The molecule has 0 saturated heterocycles. The van der Waals surface area contributed by atoms with Crippen molar-refractivity contribution in [2.24, 2.45) is 0 Å². The summed E-state index contributed by atoms with van der Waals surface area (Å²) in [5.74, 6) is 0.596. The molecule has 0 bridgehead atoms. The van der Waals surface area contributed by atoms with Crippen molar-refractivity contribution < 1.29 is 27.4 Å². The molecule has 1 amide bonds. The lowest BCUT2D eigenvalue weighted by atomic mass is 10.1. The van der Waals surface area contributed by atoms with Crippen molar-refractivity contribution in [3.05, 3.63) is 77.1 Å². The summed E-state index contributed by atoms with van der Waals surface area (Å²) < 4.78 is 52.1. The molecule has 4 rings (SSSR count). The van der Waals surface area contributed by atoms with E-state index in [0.29, 0.717) is 35.8 Å². The third kappa shape index (κ3) is 4.72. The van der Waals surface area contributed by atoms with Crippen LogP contribution in [-0.4, -0.2) is 28.8 Å². The van der Waals surface area contributed by atoms with Gasteiger partial charge in [0.15, 0.2) is 5.69 Å². The van der Waals surface area contributed by atoms with Gasteiger partial charge in [0.25, 0.3) is 5.91 Å². The first-order valence-electron chi connectivity index (χ1n) is 9.77. The summed E-state index contributed by atoms with van der Waals surface area (Å²) in [6.07, 6.45) is -4.20. The predicted octanol–water partition coefficient (Wildman–Crippen LogP) is 4.20.